The Morgan fingerprint density at radius 1 is 1.17 bits per heavy atom. The molecule has 3 rings (SSSR count). The number of aromatic nitrogens is 2. The largest absolute Gasteiger partial charge is 0.456 e. The zero-order valence-corrected chi connectivity index (χ0v) is 15.6. The van der Waals surface area contributed by atoms with Gasteiger partial charge in [-0.05, 0) is 42.8 Å². The lowest BCUT2D eigenvalue weighted by Crippen LogP contribution is -2.24. The first-order chi connectivity index (χ1) is 14.2. The van der Waals surface area contributed by atoms with Crippen LogP contribution in [0.25, 0.3) is 5.69 Å². The highest BCUT2D eigenvalue weighted by Crippen LogP contribution is 2.30. The quantitative estimate of drug-likeness (QED) is 0.608. The molecule has 0 aliphatic carbocycles. The van der Waals surface area contributed by atoms with Crippen molar-refractivity contribution in [3.8, 4) is 11.8 Å². The van der Waals surface area contributed by atoms with E-state index in [4.69, 9.17) is 10.00 Å². The normalized spacial score (nSPS) is 11.0. The summed E-state index contributed by atoms with van der Waals surface area (Å²) < 4.78 is 45.2. The van der Waals surface area contributed by atoms with Crippen molar-refractivity contribution >= 4 is 5.97 Å². The monoisotopic (exact) mass is 413 g/mol. The van der Waals surface area contributed by atoms with Gasteiger partial charge in [0.1, 0.15) is 6.61 Å². The van der Waals surface area contributed by atoms with Crippen LogP contribution in [-0.4, -0.2) is 15.7 Å². The fraction of sp³-hybridized carbons (Fsp3) is 0.143. The molecule has 1 heterocycles. The summed E-state index contributed by atoms with van der Waals surface area (Å²) in [5.41, 5.74) is -0.963. The summed E-state index contributed by atoms with van der Waals surface area (Å²) >= 11 is 0. The molecule has 30 heavy (non-hydrogen) atoms. The Labute approximate surface area is 168 Å². The fourth-order valence-corrected chi connectivity index (χ4v) is 2.71. The summed E-state index contributed by atoms with van der Waals surface area (Å²) in [6, 6.07) is 13.8. The summed E-state index contributed by atoms with van der Waals surface area (Å²) in [6.45, 7) is 1.28. The topological polar surface area (TPSA) is 85.0 Å². The minimum Gasteiger partial charge on any atom is -0.456 e. The first-order valence-corrected chi connectivity index (χ1v) is 8.64. The first kappa shape index (κ1) is 20.8. The van der Waals surface area contributed by atoms with Crippen molar-refractivity contribution in [2.24, 2.45) is 0 Å². The number of nitriles is 1. The molecule has 0 saturated heterocycles. The van der Waals surface area contributed by atoms with Gasteiger partial charge in [-0.25, -0.2) is 9.48 Å². The predicted octanol–water partition coefficient (Wildman–Crippen LogP) is 3.79. The summed E-state index contributed by atoms with van der Waals surface area (Å²) in [5, 5.41) is 12.8. The Bertz CT molecular complexity index is 1210. The van der Waals surface area contributed by atoms with Crippen LogP contribution in [0.1, 0.15) is 32.9 Å². The van der Waals surface area contributed by atoms with Crippen molar-refractivity contribution < 1.29 is 22.7 Å². The molecule has 0 saturated carbocycles. The van der Waals surface area contributed by atoms with Crippen molar-refractivity contribution in [2.45, 2.75) is 19.7 Å². The Morgan fingerprint density at radius 3 is 2.60 bits per heavy atom. The molecule has 0 amide bonds. The van der Waals surface area contributed by atoms with Gasteiger partial charge in [-0.2, -0.15) is 23.5 Å². The molecule has 2 aromatic carbocycles. The van der Waals surface area contributed by atoms with Gasteiger partial charge in [0.05, 0.1) is 22.9 Å². The average molecular weight is 413 g/mol. The minimum atomic E-state index is -4.55. The first-order valence-electron chi connectivity index (χ1n) is 8.64. The fourth-order valence-electron chi connectivity index (χ4n) is 2.71. The Kier molecular flexibility index (Phi) is 5.69. The van der Waals surface area contributed by atoms with Gasteiger partial charge < -0.3 is 4.74 Å². The van der Waals surface area contributed by atoms with E-state index < -0.39 is 28.8 Å². The van der Waals surface area contributed by atoms with Crippen LogP contribution in [0.3, 0.4) is 0 Å². The number of rotatable bonds is 4. The maximum absolute atomic E-state index is 13.0. The molecule has 0 spiro atoms. The standard InChI is InChI=1S/C21H14F3N3O3/c1-13-8-18(28)19(20(29)30-12-15-5-2-4-14(9-15)11-25)26-27(13)17-7-3-6-16(10-17)21(22,23)24/h2-10H,12H2,1H3. The molecular weight excluding hydrogens is 399 g/mol. The van der Waals surface area contributed by atoms with Crippen LogP contribution in [0.4, 0.5) is 13.2 Å². The van der Waals surface area contributed by atoms with Crippen LogP contribution in [0.2, 0.25) is 0 Å². The molecule has 0 unspecified atom stereocenters. The summed E-state index contributed by atoms with van der Waals surface area (Å²) in [5.74, 6) is -1.02. The smallest absolute Gasteiger partial charge is 0.416 e. The second kappa shape index (κ2) is 8.21. The highest BCUT2D eigenvalue weighted by Gasteiger charge is 2.30. The van der Waals surface area contributed by atoms with Crippen LogP contribution in [0.15, 0.2) is 59.4 Å². The van der Waals surface area contributed by atoms with Gasteiger partial charge in [0.25, 0.3) is 0 Å². The maximum Gasteiger partial charge on any atom is 0.416 e. The van der Waals surface area contributed by atoms with Crippen LogP contribution in [0.5, 0.6) is 0 Å². The molecule has 152 valence electrons. The van der Waals surface area contributed by atoms with E-state index in [1.807, 2.05) is 6.07 Å². The van der Waals surface area contributed by atoms with Gasteiger partial charge in [-0.3, -0.25) is 4.79 Å². The van der Waals surface area contributed by atoms with Gasteiger partial charge >= 0.3 is 12.1 Å². The van der Waals surface area contributed by atoms with Gasteiger partial charge in [-0.1, -0.05) is 18.2 Å². The zero-order valence-electron chi connectivity index (χ0n) is 15.6. The van der Waals surface area contributed by atoms with E-state index in [-0.39, 0.29) is 18.0 Å². The van der Waals surface area contributed by atoms with E-state index in [1.54, 1.807) is 18.2 Å². The van der Waals surface area contributed by atoms with Crippen molar-refractivity contribution in [3.63, 3.8) is 0 Å². The highest BCUT2D eigenvalue weighted by atomic mass is 19.4. The van der Waals surface area contributed by atoms with Crippen LogP contribution < -0.4 is 5.43 Å². The minimum absolute atomic E-state index is 0.0399. The van der Waals surface area contributed by atoms with Gasteiger partial charge in [0, 0.05) is 11.8 Å². The molecule has 0 radical (unpaired) electrons. The number of ether oxygens (including phenoxy) is 1. The van der Waals surface area contributed by atoms with Crippen LogP contribution in [-0.2, 0) is 17.5 Å². The van der Waals surface area contributed by atoms with E-state index in [9.17, 15) is 22.8 Å². The summed E-state index contributed by atoms with van der Waals surface area (Å²) in [6.07, 6.45) is -4.55. The molecule has 9 heteroatoms. The summed E-state index contributed by atoms with van der Waals surface area (Å²) in [4.78, 5) is 24.6. The molecule has 0 aliphatic heterocycles. The number of carbonyl (C=O) groups excluding carboxylic acids is 1. The van der Waals surface area contributed by atoms with Crippen molar-refractivity contribution in [1.29, 1.82) is 5.26 Å². The SMILES string of the molecule is Cc1cc(=O)c(C(=O)OCc2cccc(C#N)c2)nn1-c1cccc(C(F)(F)F)c1. The Hall–Kier alpha value is -3.93. The van der Waals surface area contributed by atoms with E-state index in [0.717, 1.165) is 22.9 Å². The highest BCUT2D eigenvalue weighted by molar-refractivity contribution is 5.87. The number of benzene rings is 2. The molecule has 0 bridgehead atoms. The third-order valence-corrected chi connectivity index (χ3v) is 4.14. The van der Waals surface area contributed by atoms with Gasteiger partial charge in [0.15, 0.2) is 0 Å². The molecular formula is C21H14F3N3O3. The number of aryl methyl sites for hydroxylation is 1. The second-order valence-electron chi connectivity index (χ2n) is 6.35. The average Bonchev–Trinajstić information content (AvgIpc) is 2.71. The molecule has 0 fully saturated rings. The number of hydrogen-bond donors (Lipinski definition) is 0. The zero-order chi connectivity index (χ0) is 21.9. The predicted molar refractivity (Wildman–Crippen MR) is 99.8 cm³/mol. The van der Waals surface area contributed by atoms with Crippen molar-refractivity contribution in [2.75, 3.05) is 0 Å². The molecule has 6 nitrogen and oxygen atoms in total. The second-order valence-corrected chi connectivity index (χ2v) is 6.35. The Balaban J connectivity index is 1.90. The lowest BCUT2D eigenvalue weighted by molar-refractivity contribution is -0.137. The molecule has 0 aliphatic rings. The number of esters is 1. The molecule has 3 aromatic rings. The number of hydrogen-bond acceptors (Lipinski definition) is 5. The van der Waals surface area contributed by atoms with E-state index in [0.29, 0.717) is 11.1 Å². The molecule has 0 N–H and O–H groups in total. The maximum atomic E-state index is 13.0. The van der Waals surface area contributed by atoms with Gasteiger partial charge in [0.2, 0.25) is 11.1 Å². The van der Waals surface area contributed by atoms with E-state index >= 15 is 0 Å². The Morgan fingerprint density at radius 2 is 1.90 bits per heavy atom. The molecule has 0 atom stereocenters. The van der Waals surface area contributed by atoms with E-state index in [1.165, 1.54) is 25.1 Å². The van der Waals surface area contributed by atoms with Crippen LogP contribution >= 0.6 is 0 Å². The number of alkyl halides is 3. The van der Waals surface area contributed by atoms with Crippen LogP contribution in [0, 0.1) is 18.3 Å². The van der Waals surface area contributed by atoms with Crippen molar-refractivity contribution in [3.05, 3.63) is 92.9 Å². The van der Waals surface area contributed by atoms with E-state index in [2.05, 4.69) is 5.10 Å². The number of nitrogens with zero attached hydrogens (tertiary/aromatic N) is 3. The van der Waals surface area contributed by atoms with Crippen molar-refractivity contribution in [1.82, 2.24) is 9.78 Å². The third-order valence-electron chi connectivity index (χ3n) is 4.14. The molecule has 1 aromatic heterocycles. The lowest BCUT2D eigenvalue weighted by atomic mass is 10.1. The lowest BCUT2D eigenvalue weighted by Gasteiger charge is -2.13. The number of carbonyl (C=O) groups is 1. The summed E-state index contributed by atoms with van der Waals surface area (Å²) in [7, 11) is 0. The number of halogens is 3. The van der Waals surface area contributed by atoms with Gasteiger partial charge in [-0.15, -0.1) is 0 Å². The third kappa shape index (κ3) is 4.55.